The molecule has 0 radical (unpaired) electrons. The Kier molecular flexibility index (Phi) is 8.37. The van der Waals surface area contributed by atoms with Crippen LogP contribution in [0, 0.1) is 0 Å². The maximum Gasteiger partial charge on any atom is 0.244 e. The molecule has 0 atom stereocenters. The fourth-order valence-corrected chi connectivity index (χ4v) is 6.59. The van der Waals surface area contributed by atoms with Crippen molar-refractivity contribution in [2.45, 2.75) is 49.6 Å². The molecule has 35 heavy (non-hydrogen) atoms. The van der Waals surface area contributed by atoms with Crippen LogP contribution in [0.3, 0.4) is 0 Å². The molecule has 1 N–H and O–H groups in total. The van der Waals surface area contributed by atoms with Crippen molar-refractivity contribution in [3.05, 3.63) is 63.6 Å². The monoisotopic (exact) mass is 536 g/mol. The summed E-state index contributed by atoms with van der Waals surface area (Å²) in [5.41, 5.74) is 2.10. The molecule has 1 amide bonds. The number of hydrogen-bond acceptors (Lipinski definition) is 5. The Morgan fingerprint density at radius 2 is 1.86 bits per heavy atom. The van der Waals surface area contributed by atoms with Crippen LogP contribution in [-0.4, -0.2) is 62.1 Å². The lowest BCUT2D eigenvalue weighted by molar-refractivity contribution is -0.130. The topological polar surface area (TPSA) is 82.1 Å². The van der Waals surface area contributed by atoms with Gasteiger partial charge in [0.2, 0.25) is 15.9 Å². The molecule has 10 heteroatoms. The number of amidine groups is 1. The van der Waals surface area contributed by atoms with Crippen molar-refractivity contribution in [3.63, 3.8) is 0 Å². The molecule has 2 aromatic rings. The van der Waals surface area contributed by atoms with Crippen LogP contribution in [0.1, 0.15) is 43.2 Å². The van der Waals surface area contributed by atoms with Gasteiger partial charge in [0.25, 0.3) is 0 Å². The number of nitrogens with zero attached hydrogens (tertiary/aromatic N) is 3. The number of carbonyl (C=O) groups is 1. The standard InChI is InChI=1S/C25H30Cl2N4O3S/c1-30(17-18-8-10-19(11-9-18)25-28-14-15-29-25)23(32)7-2-3-16-31(20-12-13-20)35(33,34)22-6-4-5-21(26)24(22)27/h4-6,8-11,20H,2-3,7,12-17H2,1H3,(H,28,29). The molecule has 188 valence electrons. The first kappa shape index (κ1) is 25.9. The van der Waals surface area contributed by atoms with Gasteiger partial charge in [0.05, 0.1) is 16.6 Å². The predicted octanol–water partition coefficient (Wildman–Crippen LogP) is 4.33. The Morgan fingerprint density at radius 1 is 1.11 bits per heavy atom. The summed E-state index contributed by atoms with van der Waals surface area (Å²) < 4.78 is 28.0. The second kappa shape index (κ2) is 11.3. The minimum Gasteiger partial charge on any atom is -0.368 e. The SMILES string of the molecule is CN(Cc1ccc(C2=NCCN2)cc1)C(=O)CCCCN(C1CC1)S(=O)(=O)c1cccc(Cl)c1Cl. The maximum atomic E-state index is 13.2. The summed E-state index contributed by atoms with van der Waals surface area (Å²) in [6.45, 7) is 2.54. The second-order valence-corrected chi connectivity index (χ2v) is 11.6. The quantitative estimate of drug-likeness (QED) is 0.433. The van der Waals surface area contributed by atoms with E-state index < -0.39 is 10.0 Å². The number of nitrogens with one attached hydrogen (secondary N) is 1. The Bertz CT molecular complexity index is 1200. The third kappa shape index (κ3) is 6.36. The lowest BCUT2D eigenvalue weighted by Gasteiger charge is -2.23. The maximum absolute atomic E-state index is 13.2. The number of hydrogen-bond donors (Lipinski definition) is 1. The highest BCUT2D eigenvalue weighted by molar-refractivity contribution is 7.89. The zero-order chi connectivity index (χ0) is 25.0. The number of aliphatic imine (C=N–C) groups is 1. The Labute approximate surface area is 217 Å². The predicted molar refractivity (Wildman–Crippen MR) is 140 cm³/mol. The van der Waals surface area contributed by atoms with Crippen LogP contribution in [0.5, 0.6) is 0 Å². The minimum absolute atomic E-state index is 0.0122. The zero-order valence-corrected chi connectivity index (χ0v) is 22.0. The Morgan fingerprint density at radius 3 is 2.51 bits per heavy atom. The van der Waals surface area contributed by atoms with Gasteiger partial charge < -0.3 is 10.2 Å². The van der Waals surface area contributed by atoms with Crippen LogP contribution in [0.25, 0.3) is 0 Å². The van der Waals surface area contributed by atoms with Gasteiger partial charge in [-0.15, -0.1) is 0 Å². The number of unbranched alkanes of at least 4 members (excludes halogenated alkanes) is 1. The van der Waals surface area contributed by atoms with E-state index in [1.165, 1.54) is 10.4 Å². The van der Waals surface area contributed by atoms with Gasteiger partial charge >= 0.3 is 0 Å². The summed E-state index contributed by atoms with van der Waals surface area (Å²) in [4.78, 5) is 18.8. The van der Waals surface area contributed by atoms with E-state index in [1.54, 1.807) is 24.1 Å². The normalized spacial score (nSPS) is 15.7. The third-order valence-electron chi connectivity index (χ3n) is 6.22. The molecule has 0 aromatic heterocycles. The molecule has 1 aliphatic heterocycles. The van der Waals surface area contributed by atoms with Crippen LogP contribution in [0.2, 0.25) is 10.0 Å². The van der Waals surface area contributed by atoms with Crippen LogP contribution in [0.15, 0.2) is 52.4 Å². The van der Waals surface area contributed by atoms with E-state index in [1.807, 2.05) is 24.3 Å². The molecule has 1 aliphatic carbocycles. The third-order valence-corrected chi connectivity index (χ3v) is 9.15. The summed E-state index contributed by atoms with van der Waals surface area (Å²) in [6, 6.07) is 12.7. The molecule has 2 aliphatic rings. The zero-order valence-electron chi connectivity index (χ0n) is 19.7. The van der Waals surface area contributed by atoms with Gasteiger partial charge in [0, 0.05) is 44.7 Å². The largest absolute Gasteiger partial charge is 0.368 e. The number of carbonyl (C=O) groups excluding carboxylic acids is 1. The second-order valence-electron chi connectivity index (χ2n) is 8.96. The lowest BCUT2D eigenvalue weighted by Crippen LogP contribution is -2.34. The van der Waals surface area contributed by atoms with Crippen molar-refractivity contribution in [1.82, 2.24) is 14.5 Å². The van der Waals surface area contributed by atoms with Gasteiger partial charge in [-0.05, 0) is 43.4 Å². The van der Waals surface area contributed by atoms with E-state index >= 15 is 0 Å². The van der Waals surface area contributed by atoms with Gasteiger partial charge in [-0.1, -0.05) is 53.5 Å². The van der Waals surface area contributed by atoms with Crippen LogP contribution < -0.4 is 5.32 Å². The molecule has 2 aromatic carbocycles. The number of rotatable bonds is 11. The molecule has 0 unspecified atom stereocenters. The van der Waals surface area contributed by atoms with Crippen molar-refractivity contribution < 1.29 is 13.2 Å². The highest BCUT2D eigenvalue weighted by Crippen LogP contribution is 2.36. The first-order chi connectivity index (χ1) is 16.8. The van der Waals surface area contributed by atoms with Crippen LogP contribution >= 0.6 is 23.2 Å². The van der Waals surface area contributed by atoms with Gasteiger partial charge in [-0.3, -0.25) is 9.79 Å². The fourth-order valence-electron chi connectivity index (χ4n) is 4.13. The molecule has 0 bridgehead atoms. The molecular formula is C25H30Cl2N4O3S. The van der Waals surface area contributed by atoms with Crippen molar-refractivity contribution >= 4 is 45.0 Å². The molecule has 0 spiro atoms. The van der Waals surface area contributed by atoms with E-state index in [0.717, 1.165) is 42.9 Å². The van der Waals surface area contributed by atoms with Crippen molar-refractivity contribution in [2.75, 3.05) is 26.7 Å². The van der Waals surface area contributed by atoms with Crippen molar-refractivity contribution in [1.29, 1.82) is 0 Å². The average molecular weight is 538 g/mol. The number of amides is 1. The molecular weight excluding hydrogens is 507 g/mol. The van der Waals surface area contributed by atoms with Gasteiger partial charge in [0.15, 0.2) is 0 Å². The molecule has 1 saturated carbocycles. The summed E-state index contributed by atoms with van der Waals surface area (Å²) in [5, 5.41) is 3.53. The average Bonchev–Trinajstić information content (AvgIpc) is 3.52. The molecule has 0 saturated heterocycles. The number of halogens is 2. The van der Waals surface area contributed by atoms with E-state index in [2.05, 4.69) is 10.3 Å². The van der Waals surface area contributed by atoms with Crippen LogP contribution in [-0.2, 0) is 21.4 Å². The smallest absolute Gasteiger partial charge is 0.244 e. The lowest BCUT2D eigenvalue weighted by atomic mass is 10.1. The number of sulfonamides is 1. The van der Waals surface area contributed by atoms with E-state index in [4.69, 9.17) is 23.2 Å². The summed E-state index contributed by atoms with van der Waals surface area (Å²) in [5.74, 6) is 0.954. The van der Waals surface area contributed by atoms with Gasteiger partial charge in [0.1, 0.15) is 10.7 Å². The van der Waals surface area contributed by atoms with Crippen molar-refractivity contribution in [2.24, 2.45) is 4.99 Å². The number of benzene rings is 2. The Hall–Kier alpha value is -2.13. The summed E-state index contributed by atoms with van der Waals surface area (Å²) >= 11 is 12.2. The molecule has 4 rings (SSSR count). The van der Waals surface area contributed by atoms with Gasteiger partial charge in [-0.25, -0.2) is 8.42 Å². The molecule has 1 fully saturated rings. The van der Waals surface area contributed by atoms with Gasteiger partial charge in [-0.2, -0.15) is 4.31 Å². The first-order valence-corrected chi connectivity index (χ1v) is 14.0. The van der Waals surface area contributed by atoms with E-state index in [9.17, 15) is 13.2 Å². The van der Waals surface area contributed by atoms with E-state index in [-0.39, 0.29) is 26.9 Å². The summed E-state index contributed by atoms with van der Waals surface area (Å²) in [6.07, 6.45) is 3.24. The Balaban J connectivity index is 1.27. The minimum atomic E-state index is -3.75. The first-order valence-electron chi connectivity index (χ1n) is 11.8. The van der Waals surface area contributed by atoms with Crippen LogP contribution in [0.4, 0.5) is 0 Å². The van der Waals surface area contributed by atoms with E-state index in [0.29, 0.717) is 32.4 Å². The van der Waals surface area contributed by atoms with Crippen molar-refractivity contribution in [3.8, 4) is 0 Å². The molecule has 1 heterocycles. The molecule has 7 nitrogen and oxygen atoms in total. The summed E-state index contributed by atoms with van der Waals surface area (Å²) in [7, 11) is -1.96. The highest BCUT2D eigenvalue weighted by Gasteiger charge is 2.38. The highest BCUT2D eigenvalue weighted by atomic mass is 35.5. The fraction of sp³-hybridized carbons (Fsp3) is 0.440.